The molecule has 36 heavy (non-hydrogen) atoms. The van der Waals surface area contributed by atoms with Crippen LogP contribution in [0.3, 0.4) is 0 Å². The van der Waals surface area contributed by atoms with Crippen LogP contribution in [0.2, 0.25) is 5.02 Å². The van der Waals surface area contributed by atoms with Crippen molar-refractivity contribution < 1.29 is 22.4 Å². The van der Waals surface area contributed by atoms with Gasteiger partial charge in [-0.25, -0.2) is 12.8 Å². The lowest BCUT2D eigenvalue weighted by Gasteiger charge is -2.32. The molecule has 0 spiro atoms. The van der Waals surface area contributed by atoms with Crippen molar-refractivity contribution in [3.05, 3.63) is 64.9 Å². The van der Waals surface area contributed by atoms with E-state index in [-0.39, 0.29) is 49.5 Å². The van der Waals surface area contributed by atoms with E-state index < -0.39 is 21.9 Å². The number of benzene rings is 2. The van der Waals surface area contributed by atoms with Gasteiger partial charge >= 0.3 is 0 Å². The van der Waals surface area contributed by atoms with Crippen LogP contribution in [0.15, 0.2) is 48.5 Å². The van der Waals surface area contributed by atoms with Crippen molar-refractivity contribution in [3.8, 4) is 0 Å². The molecule has 0 aromatic heterocycles. The van der Waals surface area contributed by atoms with Crippen molar-refractivity contribution >= 4 is 39.1 Å². The molecular weight excluding hydrogens is 505 g/mol. The number of anilines is 1. The molecule has 0 aliphatic carbocycles. The zero-order chi connectivity index (χ0) is 26.9. The Bertz CT molecular complexity index is 1150. The molecule has 7 nitrogen and oxygen atoms in total. The highest BCUT2D eigenvalue weighted by molar-refractivity contribution is 7.92. The molecule has 2 amide bonds. The van der Waals surface area contributed by atoms with Crippen LogP contribution >= 0.6 is 11.6 Å². The molecule has 2 atom stereocenters. The predicted molar refractivity (Wildman–Crippen MR) is 142 cm³/mol. The van der Waals surface area contributed by atoms with Gasteiger partial charge in [-0.15, -0.1) is 0 Å². The van der Waals surface area contributed by atoms with E-state index in [4.69, 9.17) is 11.6 Å². The molecule has 0 aliphatic heterocycles. The third-order valence-corrected chi connectivity index (χ3v) is 7.51. The Morgan fingerprint density at radius 2 is 1.69 bits per heavy atom. The van der Waals surface area contributed by atoms with Gasteiger partial charge in [-0.3, -0.25) is 13.9 Å². The van der Waals surface area contributed by atoms with Crippen LogP contribution in [-0.4, -0.2) is 50.0 Å². The summed E-state index contributed by atoms with van der Waals surface area (Å²) in [5, 5.41) is 3.42. The quantitative estimate of drug-likeness (QED) is 0.398. The topological polar surface area (TPSA) is 86.8 Å². The van der Waals surface area contributed by atoms with Crippen LogP contribution in [-0.2, 0) is 26.2 Å². The summed E-state index contributed by atoms with van der Waals surface area (Å²) in [5.74, 6) is -1.23. The monoisotopic (exact) mass is 539 g/mol. The average molecular weight is 540 g/mol. The molecule has 1 N–H and O–H groups in total. The van der Waals surface area contributed by atoms with E-state index in [1.807, 2.05) is 26.8 Å². The van der Waals surface area contributed by atoms with E-state index in [0.29, 0.717) is 17.0 Å². The zero-order valence-corrected chi connectivity index (χ0v) is 22.8. The van der Waals surface area contributed by atoms with Gasteiger partial charge in [0.25, 0.3) is 0 Å². The fraction of sp³-hybridized carbons (Fsp3) is 0.462. The highest BCUT2D eigenvalue weighted by Crippen LogP contribution is 2.23. The number of rotatable bonds is 13. The van der Waals surface area contributed by atoms with Gasteiger partial charge in [-0.05, 0) is 49.9 Å². The minimum atomic E-state index is -3.78. The molecule has 2 aromatic carbocycles. The highest BCUT2D eigenvalue weighted by Gasteiger charge is 2.30. The van der Waals surface area contributed by atoms with Crippen LogP contribution in [0, 0.1) is 5.82 Å². The molecule has 198 valence electrons. The molecule has 0 saturated carbocycles. The van der Waals surface area contributed by atoms with Gasteiger partial charge < -0.3 is 10.2 Å². The highest BCUT2D eigenvalue weighted by atomic mass is 35.5. The number of sulfonamides is 1. The largest absolute Gasteiger partial charge is 0.352 e. The zero-order valence-electron chi connectivity index (χ0n) is 21.2. The van der Waals surface area contributed by atoms with Crippen molar-refractivity contribution in [2.45, 2.75) is 65.1 Å². The van der Waals surface area contributed by atoms with Crippen LogP contribution in [0.5, 0.6) is 0 Å². The number of carbonyl (C=O) groups excluding carboxylic acids is 2. The van der Waals surface area contributed by atoms with Crippen LogP contribution < -0.4 is 9.62 Å². The van der Waals surface area contributed by atoms with E-state index in [1.54, 1.807) is 24.3 Å². The first kappa shape index (κ1) is 29.6. The van der Waals surface area contributed by atoms with Gasteiger partial charge in [0, 0.05) is 30.6 Å². The maximum atomic E-state index is 14.3. The van der Waals surface area contributed by atoms with E-state index in [0.717, 1.165) is 17.0 Å². The first-order valence-corrected chi connectivity index (χ1v) is 14.3. The Hall–Kier alpha value is -2.65. The number of halogens is 2. The summed E-state index contributed by atoms with van der Waals surface area (Å²) >= 11 is 6.34. The molecule has 10 heteroatoms. The SMILES string of the molecule is CC[C@@H](C)NC(=O)[C@H](CC)N(Cc1ccccc1Cl)C(=O)CCCN(c1ccccc1F)S(C)(=O)=O. The van der Waals surface area contributed by atoms with Crippen LogP contribution in [0.1, 0.15) is 52.0 Å². The summed E-state index contributed by atoms with van der Waals surface area (Å²) in [5.41, 5.74) is 0.631. The van der Waals surface area contributed by atoms with E-state index in [2.05, 4.69) is 5.32 Å². The van der Waals surface area contributed by atoms with Gasteiger partial charge in [0.05, 0.1) is 11.9 Å². The first-order chi connectivity index (χ1) is 17.0. The molecule has 0 unspecified atom stereocenters. The Morgan fingerprint density at radius 3 is 2.28 bits per heavy atom. The number of nitrogens with zero attached hydrogens (tertiary/aromatic N) is 2. The third kappa shape index (κ3) is 8.20. The molecule has 2 aromatic rings. The van der Waals surface area contributed by atoms with Gasteiger partial charge in [0.15, 0.2) is 0 Å². The number of hydrogen-bond donors (Lipinski definition) is 1. The first-order valence-electron chi connectivity index (χ1n) is 12.0. The average Bonchev–Trinajstić information content (AvgIpc) is 2.82. The lowest BCUT2D eigenvalue weighted by Crippen LogP contribution is -2.50. The predicted octanol–water partition coefficient (Wildman–Crippen LogP) is 4.75. The number of para-hydroxylation sites is 1. The second-order valence-electron chi connectivity index (χ2n) is 8.75. The number of carbonyl (C=O) groups is 2. The molecule has 0 fully saturated rings. The fourth-order valence-electron chi connectivity index (χ4n) is 3.81. The Balaban J connectivity index is 2.25. The van der Waals surface area contributed by atoms with Gasteiger partial charge in [0.1, 0.15) is 11.9 Å². The minimum absolute atomic E-state index is 0.0297. The number of hydrogen-bond acceptors (Lipinski definition) is 4. The maximum absolute atomic E-state index is 14.3. The Labute approximate surface area is 218 Å². The van der Waals surface area contributed by atoms with Crippen LogP contribution in [0.4, 0.5) is 10.1 Å². The van der Waals surface area contributed by atoms with Crippen molar-refractivity contribution in [1.29, 1.82) is 0 Å². The molecule has 0 aliphatic rings. The van der Waals surface area contributed by atoms with E-state index in [9.17, 15) is 22.4 Å². The lowest BCUT2D eigenvalue weighted by atomic mass is 10.1. The van der Waals surface area contributed by atoms with Crippen molar-refractivity contribution in [3.63, 3.8) is 0 Å². The molecule has 0 radical (unpaired) electrons. The smallest absolute Gasteiger partial charge is 0.243 e. The maximum Gasteiger partial charge on any atom is 0.243 e. The Morgan fingerprint density at radius 1 is 1.06 bits per heavy atom. The fourth-order valence-corrected chi connectivity index (χ4v) is 4.97. The van der Waals surface area contributed by atoms with Gasteiger partial charge in [0.2, 0.25) is 21.8 Å². The summed E-state index contributed by atoms with van der Waals surface area (Å²) in [6.45, 7) is 5.74. The Kier molecular flexibility index (Phi) is 11.2. The van der Waals surface area contributed by atoms with Crippen molar-refractivity contribution in [2.24, 2.45) is 0 Å². The summed E-state index contributed by atoms with van der Waals surface area (Å²) in [6, 6.07) is 11.9. The summed E-state index contributed by atoms with van der Waals surface area (Å²) in [6.07, 6.45) is 2.25. The molecular formula is C26H35ClFN3O4S. The van der Waals surface area contributed by atoms with Crippen molar-refractivity contribution in [1.82, 2.24) is 10.2 Å². The molecule has 2 rings (SSSR count). The van der Waals surface area contributed by atoms with E-state index in [1.165, 1.54) is 23.1 Å². The third-order valence-electron chi connectivity index (χ3n) is 5.96. The standard InChI is InChI=1S/C26H35ClFN3O4S/c1-5-19(3)29-26(33)23(6-2)30(18-20-12-7-8-13-21(20)27)25(32)16-11-17-31(36(4,34)35)24-15-10-9-14-22(24)28/h7-10,12-15,19,23H,5-6,11,16-18H2,1-4H3,(H,29,33)/t19-,23+/m1/s1. The molecule has 0 bridgehead atoms. The van der Waals surface area contributed by atoms with E-state index >= 15 is 0 Å². The lowest BCUT2D eigenvalue weighted by molar-refractivity contribution is -0.141. The summed E-state index contributed by atoms with van der Waals surface area (Å²) in [4.78, 5) is 27.9. The summed E-state index contributed by atoms with van der Waals surface area (Å²) in [7, 11) is -3.78. The van der Waals surface area contributed by atoms with Gasteiger partial charge in [-0.1, -0.05) is 55.8 Å². The second kappa shape index (κ2) is 13.6. The minimum Gasteiger partial charge on any atom is -0.352 e. The van der Waals surface area contributed by atoms with Gasteiger partial charge in [-0.2, -0.15) is 0 Å². The second-order valence-corrected chi connectivity index (χ2v) is 11.1. The number of amides is 2. The van der Waals surface area contributed by atoms with Crippen LogP contribution in [0.25, 0.3) is 0 Å². The molecule has 0 heterocycles. The summed E-state index contributed by atoms with van der Waals surface area (Å²) < 4.78 is 39.9. The molecule has 0 saturated heterocycles. The van der Waals surface area contributed by atoms with Crippen molar-refractivity contribution in [2.75, 3.05) is 17.1 Å². The number of nitrogens with one attached hydrogen (secondary N) is 1. The normalized spacial score (nSPS) is 13.1.